The van der Waals surface area contributed by atoms with E-state index in [0.29, 0.717) is 13.2 Å². The van der Waals surface area contributed by atoms with E-state index in [1.54, 1.807) is 12.4 Å². The van der Waals surface area contributed by atoms with Crippen molar-refractivity contribution in [3.8, 4) is 0 Å². The molecule has 1 heterocycles. The molecule has 1 atom stereocenters. The second-order valence-electron chi connectivity index (χ2n) is 7.33. The first-order valence-electron chi connectivity index (χ1n) is 9.00. The lowest BCUT2D eigenvalue weighted by molar-refractivity contribution is 0.0243. The number of nitrogens with two attached hydrogens (primary N) is 1. The number of fused-ring (bicyclic) bond motifs is 1. The number of hydrogen-bond acceptors (Lipinski definition) is 6. The molecule has 0 spiro atoms. The molecule has 0 aliphatic heterocycles. The Kier molecular flexibility index (Phi) is 6.01. The van der Waals surface area contributed by atoms with E-state index in [-0.39, 0.29) is 6.61 Å². The SMILES string of the molecule is CC(C)(N)COCC(O)CN(c1ccccc1)c1ccc2nccnc2c1. The average Bonchev–Trinajstić information content (AvgIpc) is 2.65. The smallest absolute Gasteiger partial charge is 0.0952 e. The summed E-state index contributed by atoms with van der Waals surface area (Å²) in [6.45, 7) is 4.79. The number of aliphatic hydroxyl groups is 1. The summed E-state index contributed by atoms with van der Waals surface area (Å²) >= 11 is 0. The Balaban J connectivity index is 1.81. The minimum absolute atomic E-state index is 0.220. The zero-order chi connectivity index (χ0) is 19.3. The van der Waals surface area contributed by atoms with Crippen molar-refractivity contribution in [2.45, 2.75) is 25.5 Å². The third-order valence-corrected chi connectivity index (χ3v) is 4.01. The Morgan fingerprint density at radius 2 is 1.74 bits per heavy atom. The molecule has 0 fully saturated rings. The zero-order valence-corrected chi connectivity index (χ0v) is 15.7. The van der Waals surface area contributed by atoms with Gasteiger partial charge in [0.2, 0.25) is 0 Å². The number of benzene rings is 2. The maximum Gasteiger partial charge on any atom is 0.0952 e. The predicted molar refractivity (Wildman–Crippen MR) is 108 cm³/mol. The van der Waals surface area contributed by atoms with E-state index in [0.717, 1.165) is 22.4 Å². The number of anilines is 2. The Morgan fingerprint density at radius 3 is 2.44 bits per heavy atom. The lowest BCUT2D eigenvalue weighted by Crippen LogP contribution is -2.39. The Labute approximate surface area is 159 Å². The third kappa shape index (κ3) is 5.47. The van der Waals surface area contributed by atoms with Gasteiger partial charge >= 0.3 is 0 Å². The van der Waals surface area contributed by atoms with Crippen molar-refractivity contribution >= 4 is 22.4 Å². The number of para-hydroxylation sites is 1. The number of aliphatic hydroxyl groups excluding tert-OH is 1. The van der Waals surface area contributed by atoms with Crippen molar-refractivity contribution in [3.05, 3.63) is 60.9 Å². The molecular weight excluding hydrogens is 340 g/mol. The molecule has 0 amide bonds. The van der Waals surface area contributed by atoms with Gasteiger partial charge in [-0.3, -0.25) is 9.97 Å². The van der Waals surface area contributed by atoms with Crippen LogP contribution in [0.15, 0.2) is 60.9 Å². The predicted octanol–water partition coefficient (Wildman–Crippen LogP) is 2.88. The van der Waals surface area contributed by atoms with E-state index in [4.69, 9.17) is 10.5 Å². The van der Waals surface area contributed by atoms with E-state index in [1.165, 1.54) is 0 Å². The van der Waals surface area contributed by atoms with Crippen LogP contribution in [0.2, 0.25) is 0 Å². The van der Waals surface area contributed by atoms with Gasteiger partial charge in [0.1, 0.15) is 0 Å². The first-order chi connectivity index (χ1) is 12.9. The Bertz CT molecular complexity index is 865. The summed E-state index contributed by atoms with van der Waals surface area (Å²) in [6, 6.07) is 15.8. The molecule has 0 aliphatic carbocycles. The molecule has 6 nitrogen and oxygen atoms in total. The quantitative estimate of drug-likeness (QED) is 0.638. The molecule has 0 saturated heterocycles. The van der Waals surface area contributed by atoms with Crippen molar-refractivity contribution in [1.82, 2.24) is 9.97 Å². The summed E-state index contributed by atoms with van der Waals surface area (Å²) in [7, 11) is 0. The number of hydrogen-bond donors (Lipinski definition) is 2. The molecule has 2 aromatic carbocycles. The highest BCUT2D eigenvalue weighted by Gasteiger charge is 2.17. The van der Waals surface area contributed by atoms with Crippen LogP contribution in [0.5, 0.6) is 0 Å². The summed E-state index contributed by atoms with van der Waals surface area (Å²) in [5.41, 5.74) is 9.08. The number of ether oxygens (including phenoxy) is 1. The van der Waals surface area contributed by atoms with E-state index < -0.39 is 11.6 Å². The standard InChI is InChI=1S/C21H26N4O2/c1-21(2,22)15-27-14-18(26)13-25(16-6-4-3-5-7-16)17-8-9-19-20(12-17)24-11-10-23-19/h3-12,18,26H,13-15,22H2,1-2H3. The number of nitrogens with zero attached hydrogens (tertiary/aromatic N) is 3. The van der Waals surface area contributed by atoms with Crippen LogP contribution in [0.25, 0.3) is 11.0 Å². The van der Waals surface area contributed by atoms with Crippen LogP contribution in [-0.4, -0.2) is 46.5 Å². The second-order valence-corrected chi connectivity index (χ2v) is 7.33. The minimum Gasteiger partial charge on any atom is -0.389 e. The largest absolute Gasteiger partial charge is 0.389 e. The van der Waals surface area contributed by atoms with Crippen LogP contribution in [-0.2, 0) is 4.74 Å². The van der Waals surface area contributed by atoms with Gasteiger partial charge < -0.3 is 20.5 Å². The van der Waals surface area contributed by atoms with Crippen molar-refractivity contribution in [2.75, 3.05) is 24.7 Å². The molecule has 3 N–H and O–H groups in total. The molecule has 0 bridgehead atoms. The van der Waals surface area contributed by atoms with E-state index >= 15 is 0 Å². The van der Waals surface area contributed by atoms with Gasteiger partial charge in [-0.2, -0.15) is 0 Å². The molecular formula is C21H26N4O2. The van der Waals surface area contributed by atoms with Crippen molar-refractivity contribution in [2.24, 2.45) is 5.73 Å². The van der Waals surface area contributed by atoms with E-state index in [1.807, 2.05) is 62.4 Å². The van der Waals surface area contributed by atoms with Crippen molar-refractivity contribution in [3.63, 3.8) is 0 Å². The van der Waals surface area contributed by atoms with Crippen molar-refractivity contribution in [1.29, 1.82) is 0 Å². The fraction of sp³-hybridized carbons (Fsp3) is 0.333. The van der Waals surface area contributed by atoms with Gasteiger partial charge in [-0.15, -0.1) is 0 Å². The van der Waals surface area contributed by atoms with Crippen LogP contribution in [0.3, 0.4) is 0 Å². The fourth-order valence-corrected chi connectivity index (χ4v) is 2.81. The molecule has 0 radical (unpaired) electrons. The topological polar surface area (TPSA) is 84.5 Å². The summed E-state index contributed by atoms with van der Waals surface area (Å²) in [6.07, 6.45) is 2.69. The lowest BCUT2D eigenvalue weighted by Gasteiger charge is -2.28. The highest BCUT2D eigenvalue weighted by Crippen LogP contribution is 2.27. The number of aromatic nitrogens is 2. The maximum absolute atomic E-state index is 10.5. The van der Waals surface area contributed by atoms with Crippen LogP contribution in [0.1, 0.15) is 13.8 Å². The molecule has 27 heavy (non-hydrogen) atoms. The monoisotopic (exact) mass is 366 g/mol. The van der Waals surface area contributed by atoms with Gasteiger partial charge in [-0.25, -0.2) is 0 Å². The Hall–Kier alpha value is -2.54. The van der Waals surface area contributed by atoms with Crippen molar-refractivity contribution < 1.29 is 9.84 Å². The summed E-state index contributed by atoms with van der Waals surface area (Å²) in [5, 5.41) is 10.5. The molecule has 1 aromatic heterocycles. The summed E-state index contributed by atoms with van der Waals surface area (Å²) < 4.78 is 5.58. The molecule has 0 aliphatic rings. The summed E-state index contributed by atoms with van der Waals surface area (Å²) in [5.74, 6) is 0. The molecule has 3 aromatic rings. The molecule has 6 heteroatoms. The number of rotatable bonds is 8. The Morgan fingerprint density at radius 1 is 1.04 bits per heavy atom. The molecule has 0 saturated carbocycles. The van der Waals surface area contributed by atoms with E-state index in [9.17, 15) is 5.11 Å². The first-order valence-corrected chi connectivity index (χ1v) is 9.00. The fourth-order valence-electron chi connectivity index (χ4n) is 2.81. The third-order valence-electron chi connectivity index (χ3n) is 4.01. The van der Waals surface area contributed by atoms with Gasteiger partial charge in [0, 0.05) is 29.3 Å². The summed E-state index contributed by atoms with van der Waals surface area (Å²) in [4.78, 5) is 10.8. The van der Waals surface area contributed by atoms with Gasteiger partial charge in [-0.1, -0.05) is 18.2 Å². The van der Waals surface area contributed by atoms with Crippen LogP contribution >= 0.6 is 0 Å². The zero-order valence-electron chi connectivity index (χ0n) is 15.7. The van der Waals surface area contributed by atoms with Crippen LogP contribution < -0.4 is 10.6 Å². The first kappa shape index (κ1) is 19.2. The van der Waals surface area contributed by atoms with Crippen LogP contribution in [0.4, 0.5) is 11.4 Å². The van der Waals surface area contributed by atoms with Crippen LogP contribution in [0, 0.1) is 0 Å². The second kappa shape index (κ2) is 8.43. The van der Waals surface area contributed by atoms with Gasteiger partial charge in [-0.05, 0) is 44.2 Å². The molecule has 142 valence electrons. The van der Waals surface area contributed by atoms with Gasteiger partial charge in [0.05, 0.1) is 36.9 Å². The average molecular weight is 366 g/mol. The highest BCUT2D eigenvalue weighted by atomic mass is 16.5. The maximum atomic E-state index is 10.5. The molecule has 1 unspecified atom stereocenters. The van der Waals surface area contributed by atoms with Gasteiger partial charge in [0.25, 0.3) is 0 Å². The minimum atomic E-state index is -0.662. The highest BCUT2D eigenvalue weighted by molar-refractivity contribution is 5.80. The van der Waals surface area contributed by atoms with E-state index in [2.05, 4.69) is 14.9 Å². The van der Waals surface area contributed by atoms with Gasteiger partial charge in [0.15, 0.2) is 0 Å². The molecule has 3 rings (SSSR count). The lowest BCUT2D eigenvalue weighted by atomic mass is 10.1. The normalized spacial score (nSPS) is 12.9.